The summed E-state index contributed by atoms with van der Waals surface area (Å²) in [5.41, 5.74) is 5.75. The molecule has 0 amide bonds. The number of benzene rings is 1. The van der Waals surface area contributed by atoms with Crippen LogP contribution in [0.5, 0.6) is 0 Å². The Labute approximate surface area is 92.4 Å². The Kier molecular flexibility index (Phi) is 4.03. The Morgan fingerprint density at radius 2 is 1.88 bits per heavy atom. The van der Waals surface area contributed by atoms with Gasteiger partial charge in [0, 0.05) is 5.69 Å². The summed E-state index contributed by atoms with van der Waals surface area (Å²) < 4.78 is 33.8. The van der Waals surface area contributed by atoms with E-state index in [-0.39, 0.29) is 4.90 Å². The molecule has 0 aliphatic rings. The van der Waals surface area contributed by atoms with E-state index in [0.717, 1.165) is 0 Å². The topological polar surface area (TPSA) is 106 Å². The molecule has 0 aliphatic heterocycles. The van der Waals surface area contributed by atoms with Gasteiger partial charge in [0.2, 0.25) is 0 Å². The van der Waals surface area contributed by atoms with E-state index in [1.807, 2.05) is 0 Å². The number of nitrogens with zero attached hydrogens (tertiary/aromatic N) is 1. The van der Waals surface area contributed by atoms with Crippen LogP contribution in [0.1, 0.15) is 0 Å². The second-order valence-corrected chi connectivity index (χ2v) is 4.15. The smallest absolute Gasteiger partial charge is 0.294 e. The molecule has 0 bridgehead atoms. The predicted molar refractivity (Wildman–Crippen MR) is 57.2 cm³/mol. The highest BCUT2D eigenvalue weighted by Crippen LogP contribution is 2.10. The van der Waals surface area contributed by atoms with Crippen molar-refractivity contribution in [3.8, 4) is 0 Å². The van der Waals surface area contributed by atoms with Crippen molar-refractivity contribution < 1.29 is 17.5 Å². The molecule has 0 aliphatic carbocycles. The van der Waals surface area contributed by atoms with Crippen molar-refractivity contribution in [1.82, 2.24) is 5.16 Å². The van der Waals surface area contributed by atoms with Gasteiger partial charge in [-0.15, -0.1) is 0 Å². The summed E-state index contributed by atoms with van der Waals surface area (Å²) in [6.45, 7) is 0. The van der Waals surface area contributed by atoms with Crippen LogP contribution in [-0.4, -0.2) is 18.1 Å². The van der Waals surface area contributed by atoms with E-state index in [1.54, 1.807) is 12.3 Å². The van der Waals surface area contributed by atoms with Gasteiger partial charge in [0.25, 0.3) is 10.1 Å². The van der Waals surface area contributed by atoms with Gasteiger partial charge in [0.15, 0.2) is 0 Å². The van der Waals surface area contributed by atoms with E-state index in [1.165, 1.54) is 30.5 Å². The van der Waals surface area contributed by atoms with Crippen molar-refractivity contribution in [2.75, 3.05) is 5.73 Å². The lowest BCUT2D eigenvalue weighted by Gasteiger charge is -1.95. The molecule has 0 saturated carbocycles. The summed E-state index contributed by atoms with van der Waals surface area (Å²) in [5, 5.41) is 3.35. The quantitative estimate of drug-likeness (QED) is 0.574. The van der Waals surface area contributed by atoms with Crippen LogP contribution in [0.2, 0.25) is 0 Å². The van der Waals surface area contributed by atoms with Crippen LogP contribution < -0.4 is 5.73 Å². The van der Waals surface area contributed by atoms with Crippen LogP contribution >= 0.6 is 0 Å². The molecule has 0 radical (unpaired) electrons. The molecular formula is C9H10N2O4S. The largest absolute Gasteiger partial charge is 0.399 e. The van der Waals surface area contributed by atoms with Gasteiger partial charge in [0.1, 0.15) is 6.26 Å². The van der Waals surface area contributed by atoms with Crippen LogP contribution in [0.25, 0.3) is 0 Å². The Morgan fingerprint density at radius 1 is 1.25 bits per heavy atom. The third-order valence-corrected chi connectivity index (χ3v) is 2.39. The SMILES string of the molecule is Nc1ccc(S(=O)(=O)O)cc1.c1cnoc1. The summed E-state index contributed by atoms with van der Waals surface area (Å²) in [5.74, 6) is 0. The lowest BCUT2D eigenvalue weighted by Crippen LogP contribution is -1.97. The number of anilines is 1. The van der Waals surface area contributed by atoms with Crippen LogP contribution in [0.15, 0.2) is 52.2 Å². The molecule has 0 saturated heterocycles. The number of rotatable bonds is 1. The third kappa shape index (κ3) is 4.11. The summed E-state index contributed by atoms with van der Waals surface area (Å²) in [6.07, 6.45) is 3.10. The third-order valence-electron chi connectivity index (χ3n) is 1.53. The standard InChI is InChI=1S/C6H7NO3S.C3H3NO/c7-5-1-3-6(4-2-5)11(8,9)10;1-2-4-5-3-1/h1-4H,7H2,(H,8,9,10);1-3H. The molecule has 6 nitrogen and oxygen atoms in total. The monoisotopic (exact) mass is 242 g/mol. The molecule has 16 heavy (non-hydrogen) atoms. The van der Waals surface area contributed by atoms with Crippen LogP contribution in [0, 0.1) is 0 Å². The molecule has 2 aromatic rings. The Hall–Kier alpha value is -1.86. The summed E-state index contributed by atoms with van der Waals surface area (Å²) in [7, 11) is -4.08. The fraction of sp³-hybridized carbons (Fsp3) is 0. The maximum absolute atomic E-state index is 10.5. The van der Waals surface area contributed by atoms with Gasteiger partial charge < -0.3 is 10.3 Å². The summed E-state index contributed by atoms with van der Waals surface area (Å²) in [6, 6.07) is 7.02. The predicted octanol–water partition coefficient (Wildman–Crippen LogP) is 1.19. The second kappa shape index (κ2) is 5.29. The zero-order valence-corrected chi connectivity index (χ0v) is 8.96. The Bertz CT molecular complexity index is 488. The number of nitrogen functional groups attached to an aromatic ring is 1. The lowest BCUT2D eigenvalue weighted by molar-refractivity contribution is 0.420. The van der Waals surface area contributed by atoms with Gasteiger partial charge in [-0.1, -0.05) is 5.16 Å². The molecule has 7 heteroatoms. The minimum absolute atomic E-state index is 0.147. The normalized spacial score (nSPS) is 10.3. The zero-order valence-electron chi connectivity index (χ0n) is 8.15. The van der Waals surface area contributed by atoms with Crippen molar-refractivity contribution in [2.24, 2.45) is 0 Å². The second-order valence-electron chi connectivity index (χ2n) is 2.73. The van der Waals surface area contributed by atoms with E-state index in [2.05, 4.69) is 9.68 Å². The van der Waals surface area contributed by atoms with E-state index in [0.29, 0.717) is 5.69 Å². The van der Waals surface area contributed by atoms with Gasteiger partial charge in [-0.25, -0.2) is 0 Å². The first-order valence-electron chi connectivity index (χ1n) is 4.17. The molecule has 0 spiro atoms. The highest BCUT2D eigenvalue weighted by molar-refractivity contribution is 7.85. The molecule has 1 heterocycles. The fourth-order valence-corrected chi connectivity index (χ4v) is 1.30. The minimum Gasteiger partial charge on any atom is -0.399 e. The summed E-state index contributed by atoms with van der Waals surface area (Å²) in [4.78, 5) is -0.147. The first-order chi connectivity index (χ1) is 7.50. The van der Waals surface area contributed by atoms with Gasteiger partial charge in [-0.3, -0.25) is 4.55 Å². The zero-order chi connectivity index (χ0) is 12.0. The maximum atomic E-state index is 10.5. The minimum atomic E-state index is -4.08. The molecule has 86 valence electrons. The van der Waals surface area contributed by atoms with Crippen molar-refractivity contribution >= 4 is 15.8 Å². The molecule has 1 aromatic carbocycles. The van der Waals surface area contributed by atoms with E-state index in [9.17, 15) is 8.42 Å². The van der Waals surface area contributed by atoms with Crippen molar-refractivity contribution in [3.63, 3.8) is 0 Å². The summed E-state index contributed by atoms with van der Waals surface area (Å²) >= 11 is 0. The molecule has 3 N–H and O–H groups in total. The van der Waals surface area contributed by atoms with Crippen LogP contribution in [0.3, 0.4) is 0 Å². The van der Waals surface area contributed by atoms with E-state index in [4.69, 9.17) is 10.3 Å². The first kappa shape index (κ1) is 12.2. The average molecular weight is 242 g/mol. The van der Waals surface area contributed by atoms with Crippen LogP contribution in [-0.2, 0) is 10.1 Å². The molecule has 0 atom stereocenters. The lowest BCUT2D eigenvalue weighted by atomic mass is 10.3. The Morgan fingerprint density at radius 3 is 2.19 bits per heavy atom. The van der Waals surface area contributed by atoms with Gasteiger partial charge in [-0.05, 0) is 30.3 Å². The van der Waals surface area contributed by atoms with E-state index >= 15 is 0 Å². The van der Waals surface area contributed by atoms with E-state index < -0.39 is 10.1 Å². The first-order valence-corrected chi connectivity index (χ1v) is 5.61. The molecular weight excluding hydrogens is 232 g/mol. The van der Waals surface area contributed by atoms with Crippen LogP contribution in [0.4, 0.5) is 5.69 Å². The number of nitrogens with two attached hydrogens (primary N) is 1. The van der Waals surface area contributed by atoms with Crippen molar-refractivity contribution in [1.29, 1.82) is 0 Å². The van der Waals surface area contributed by atoms with Gasteiger partial charge in [-0.2, -0.15) is 8.42 Å². The highest BCUT2D eigenvalue weighted by Gasteiger charge is 2.06. The highest BCUT2D eigenvalue weighted by atomic mass is 32.2. The molecule has 2 rings (SSSR count). The fourth-order valence-electron chi connectivity index (χ4n) is 0.815. The average Bonchev–Trinajstić information content (AvgIpc) is 2.74. The van der Waals surface area contributed by atoms with Crippen molar-refractivity contribution in [2.45, 2.75) is 4.90 Å². The van der Waals surface area contributed by atoms with Gasteiger partial charge >= 0.3 is 0 Å². The molecule has 1 aromatic heterocycles. The number of aromatic nitrogens is 1. The van der Waals surface area contributed by atoms with Crippen molar-refractivity contribution in [3.05, 3.63) is 42.8 Å². The maximum Gasteiger partial charge on any atom is 0.294 e. The molecule has 0 unspecified atom stereocenters. The Balaban J connectivity index is 0.000000212. The number of hydrogen-bond donors (Lipinski definition) is 2. The molecule has 0 fully saturated rings. The number of hydrogen-bond acceptors (Lipinski definition) is 5. The van der Waals surface area contributed by atoms with Gasteiger partial charge in [0.05, 0.1) is 11.1 Å².